The van der Waals surface area contributed by atoms with Crippen molar-refractivity contribution in [2.45, 2.75) is 51.1 Å². The molecule has 5 nitrogen and oxygen atoms in total. The van der Waals surface area contributed by atoms with E-state index in [-0.39, 0.29) is 5.91 Å². The monoisotopic (exact) mass is 264 g/mol. The molecule has 0 radical (unpaired) electrons. The standard InChI is InChI=1S/C14H24N4O/c1-18-11-12(9-16-18)8-15-10-14(19)17-13-6-4-2-3-5-7-13/h9,11,13,15H,2-8,10H2,1H3,(H,17,19). The second-order valence-electron chi connectivity index (χ2n) is 5.38. The minimum atomic E-state index is 0.107. The van der Waals surface area contributed by atoms with Crippen molar-refractivity contribution >= 4 is 5.91 Å². The molecule has 0 atom stereocenters. The summed E-state index contributed by atoms with van der Waals surface area (Å²) >= 11 is 0. The Hall–Kier alpha value is -1.36. The van der Waals surface area contributed by atoms with Crippen LogP contribution in [-0.2, 0) is 18.4 Å². The van der Waals surface area contributed by atoms with Crippen LogP contribution < -0.4 is 10.6 Å². The fourth-order valence-corrected chi connectivity index (χ4v) is 2.59. The number of aromatic nitrogens is 2. The van der Waals surface area contributed by atoms with Gasteiger partial charge in [-0.15, -0.1) is 0 Å². The average molecular weight is 264 g/mol. The topological polar surface area (TPSA) is 59.0 Å². The number of nitrogens with one attached hydrogen (secondary N) is 2. The van der Waals surface area contributed by atoms with E-state index in [1.807, 2.05) is 19.4 Å². The number of rotatable bonds is 5. The molecule has 1 aliphatic carbocycles. The molecule has 0 spiro atoms. The highest BCUT2D eigenvalue weighted by atomic mass is 16.1. The lowest BCUT2D eigenvalue weighted by Crippen LogP contribution is -2.40. The third-order valence-corrected chi connectivity index (χ3v) is 3.59. The molecule has 1 aromatic rings. The molecular formula is C14H24N4O. The molecule has 19 heavy (non-hydrogen) atoms. The van der Waals surface area contributed by atoms with E-state index >= 15 is 0 Å². The van der Waals surface area contributed by atoms with E-state index in [4.69, 9.17) is 0 Å². The Balaban J connectivity index is 1.63. The maximum atomic E-state index is 11.8. The van der Waals surface area contributed by atoms with Gasteiger partial charge in [-0.3, -0.25) is 9.48 Å². The van der Waals surface area contributed by atoms with Crippen LogP contribution in [0.1, 0.15) is 44.1 Å². The van der Waals surface area contributed by atoms with Crippen molar-refractivity contribution in [2.24, 2.45) is 7.05 Å². The van der Waals surface area contributed by atoms with Gasteiger partial charge in [0.15, 0.2) is 0 Å². The van der Waals surface area contributed by atoms with Crippen molar-refractivity contribution < 1.29 is 4.79 Å². The van der Waals surface area contributed by atoms with Crippen molar-refractivity contribution in [3.8, 4) is 0 Å². The SMILES string of the molecule is Cn1cc(CNCC(=O)NC2CCCCCC2)cn1. The highest BCUT2D eigenvalue weighted by Gasteiger charge is 2.14. The van der Waals surface area contributed by atoms with E-state index in [0.29, 0.717) is 19.1 Å². The van der Waals surface area contributed by atoms with Crippen molar-refractivity contribution in [3.05, 3.63) is 18.0 Å². The number of amides is 1. The summed E-state index contributed by atoms with van der Waals surface area (Å²) in [7, 11) is 1.89. The molecule has 0 aromatic carbocycles. The van der Waals surface area contributed by atoms with E-state index in [0.717, 1.165) is 18.4 Å². The third kappa shape index (κ3) is 5.03. The Kier molecular flexibility index (Phi) is 5.39. The number of aryl methyl sites for hydroxylation is 1. The highest BCUT2D eigenvalue weighted by molar-refractivity contribution is 5.78. The number of carbonyl (C=O) groups is 1. The Morgan fingerprint density at radius 3 is 2.74 bits per heavy atom. The maximum absolute atomic E-state index is 11.8. The molecule has 1 amide bonds. The number of carbonyl (C=O) groups excluding carboxylic acids is 1. The van der Waals surface area contributed by atoms with Gasteiger partial charge in [-0.2, -0.15) is 5.10 Å². The van der Waals surface area contributed by atoms with Crippen LogP contribution >= 0.6 is 0 Å². The van der Waals surface area contributed by atoms with Crippen LogP contribution in [0.4, 0.5) is 0 Å². The van der Waals surface area contributed by atoms with E-state index in [1.165, 1.54) is 25.7 Å². The van der Waals surface area contributed by atoms with Gasteiger partial charge in [-0.25, -0.2) is 0 Å². The van der Waals surface area contributed by atoms with Gasteiger partial charge < -0.3 is 10.6 Å². The normalized spacial score (nSPS) is 17.1. The zero-order valence-electron chi connectivity index (χ0n) is 11.7. The predicted octanol–water partition coefficient (Wildman–Crippen LogP) is 1.35. The van der Waals surface area contributed by atoms with Crippen LogP contribution in [0.3, 0.4) is 0 Å². The molecule has 106 valence electrons. The first-order chi connectivity index (χ1) is 9.24. The Morgan fingerprint density at radius 2 is 2.11 bits per heavy atom. The predicted molar refractivity (Wildman–Crippen MR) is 74.5 cm³/mol. The van der Waals surface area contributed by atoms with Crippen LogP contribution in [0.2, 0.25) is 0 Å². The second kappa shape index (κ2) is 7.28. The van der Waals surface area contributed by atoms with Crippen LogP contribution in [0.5, 0.6) is 0 Å². The molecule has 2 N–H and O–H groups in total. The zero-order valence-corrected chi connectivity index (χ0v) is 11.7. The number of nitrogens with zero attached hydrogens (tertiary/aromatic N) is 2. The highest BCUT2D eigenvalue weighted by Crippen LogP contribution is 2.16. The van der Waals surface area contributed by atoms with Crippen LogP contribution in [-0.4, -0.2) is 28.3 Å². The molecule has 0 bridgehead atoms. The first-order valence-electron chi connectivity index (χ1n) is 7.21. The van der Waals surface area contributed by atoms with Gasteiger partial charge in [0.05, 0.1) is 12.7 Å². The van der Waals surface area contributed by atoms with E-state index in [2.05, 4.69) is 15.7 Å². The Bertz CT molecular complexity index is 394. The van der Waals surface area contributed by atoms with Gasteiger partial charge in [0.1, 0.15) is 0 Å². The summed E-state index contributed by atoms with van der Waals surface area (Å²) in [6.07, 6.45) is 11.1. The Morgan fingerprint density at radius 1 is 1.37 bits per heavy atom. The van der Waals surface area contributed by atoms with Gasteiger partial charge in [-0.05, 0) is 12.8 Å². The Labute approximate surface area is 114 Å². The van der Waals surface area contributed by atoms with Crippen molar-refractivity contribution in [2.75, 3.05) is 6.54 Å². The summed E-state index contributed by atoms with van der Waals surface area (Å²) in [5.74, 6) is 0.107. The first kappa shape index (κ1) is 14.1. The van der Waals surface area contributed by atoms with Crippen molar-refractivity contribution in [1.29, 1.82) is 0 Å². The molecule has 0 unspecified atom stereocenters. The third-order valence-electron chi connectivity index (χ3n) is 3.59. The van der Waals surface area contributed by atoms with Crippen LogP contribution in [0.15, 0.2) is 12.4 Å². The quantitative estimate of drug-likeness (QED) is 0.789. The molecular weight excluding hydrogens is 240 g/mol. The lowest BCUT2D eigenvalue weighted by Gasteiger charge is -2.16. The maximum Gasteiger partial charge on any atom is 0.234 e. The molecule has 1 fully saturated rings. The van der Waals surface area contributed by atoms with Gasteiger partial charge >= 0.3 is 0 Å². The zero-order chi connectivity index (χ0) is 13.5. The van der Waals surface area contributed by atoms with E-state index < -0.39 is 0 Å². The summed E-state index contributed by atoms with van der Waals surface area (Å²) in [5, 5.41) is 10.4. The fraction of sp³-hybridized carbons (Fsp3) is 0.714. The summed E-state index contributed by atoms with van der Waals surface area (Å²) in [6.45, 7) is 1.07. The summed E-state index contributed by atoms with van der Waals surface area (Å²) in [5.41, 5.74) is 1.10. The molecule has 1 aromatic heterocycles. The molecule has 1 heterocycles. The summed E-state index contributed by atoms with van der Waals surface area (Å²) in [4.78, 5) is 11.8. The lowest BCUT2D eigenvalue weighted by atomic mass is 10.1. The van der Waals surface area contributed by atoms with Gasteiger partial charge in [0, 0.05) is 31.4 Å². The molecule has 0 aliphatic heterocycles. The number of hydrogen-bond donors (Lipinski definition) is 2. The van der Waals surface area contributed by atoms with Gasteiger partial charge in [0.25, 0.3) is 0 Å². The lowest BCUT2D eigenvalue weighted by molar-refractivity contribution is -0.121. The van der Waals surface area contributed by atoms with Crippen LogP contribution in [0, 0.1) is 0 Å². The molecule has 0 saturated heterocycles. The summed E-state index contributed by atoms with van der Waals surface area (Å²) < 4.78 is 1.77. The van der Waals surface area contributed by atoms with Gasteiger partial charge in [0.2, 0.25) is 5.91 Å². The average Bonchev–Trinajstić information content (AvgIpc) is 2.63. The van der Waals surface area contributed by atoms with E-state index in [9.17, 15) is 4.79 Å². The minimum Gasteiger partial charge on any atom is -0.352 e. The largest absolute Gasteiger partial charge is 0.352 e. The summed E-state index contributed by atoms with van der Waals surface area (Å²) in [6, 6.07) is 0.384. The second-order valence-corrected chi connectivity index (χ2v) is 5.38. The van der Waals surface area contributed by atoms with E-state index in [1.54, 1.807) is 4.68 Å². The first-order valence-corrected chi connectivity index (χ1v) is 7.21. The molecule has 1 saturated carbocycles. The molecule has 1 aliphatic rings. The van der Waals surface area contributed by atoms with Crippen molar-refractivity contribution in [3.63, 3.8) is 0 Å². The fourth-order valence-electron chi connectivity index (χ4n) is 2.59. The minimum absolute atomic E-state index is 0.107. The molecule has 2 rings (SSSR count). The molecule has 5 heteroatoms. The number of hydrogen-bond acceptors (Lipinski definition) is 3. The van der Waals surface area contributed by atoms with Gasteiger partial charge in [-0.1, -0.05) is 25.7 Å². The smallest absolute Gasteiger partial charge is 0.234 e. The van der Waals surface area contributed by atoms with Crippen LogP contribution in [0.25, 0.3) is 0 Å². The van der Waals surface area contributed by atoms with Crippen molar-refractivity contribution in [1.82, 2.24) is 20.4 Å².